The van der Waals surface area contributed by atoms with Gasteiger partial charge in [0.15, 0.2) is 0 Å². The predicted molar refractivity (Wildman–Crippen MR) is 82.0 cm³/mol. The second-order valence-corrected chi connectivity index (χ2v) is 6.01. The lowest BCUT2D eigenvalue weighted by Gasteiger charge is -2.35. The van der Waals surface area contributed by atoms with Crippen LogP contribution in [0.3, 0.4) is 0 Å². The number of aliphatic hydroxyl groups excluding tert-OH is 1. The minimum atomic E-state index is -0.0782. The second kappa shape index (κ2) is 8.87. The summed E-state index contributed by atoms with van der Waals surface area (Å²) >= 11 is 0. The molecule has 1 rings (SSSR count). The molecule has 0 saturated carbocycles. The lowest BCUT2D eigenvalue weighted by atomic mass is 9.96. The van der Waals surface area contributed by atoms with E-state index in [9.17, 15) is 9.59 Å². The summed E-state index contributed by atoms with van der Waals surface area (Å²) in [7, 11) is 5.30. The summed E-state index contributed by atoms with van der Waals surface area (Å²) in [5.74, 6) is 0.0562. The molecule has 1 fully saturated rings. The average Bonchev–Trinajstić information content (AvgIpc) is 2.49. The van der Waals surface area contributed by atoms with Crippen LogP contribution in [0.2, 0.25) is 0 Å². The Labute approximate surface area is 127 Å². The molecular weight excluding hydrogens is 270 g/mol. The number of rotatable bonds is 6. The average molecular weight is 299 g/mol. The van der Waals surface area contributed by atoms with Crippen molar-refractivity contribution in [3.63, 3.8) is 0 Å². The molecule has 0 spiro atoms. The Kier molecular flexibility index (Phi) is 7.50. The van der Waals surface area contributed by atoms with E-state index in [1.165, 1.54) is 0 Å². The molecule has 1 aliphatic rings. The van der Waals surface area contributed by atoms with Crippen molar-refractivity contribution >= 4 is 11.9 Å². The van der Waals surface area contributed by atoms with Crippen molar-refractivity contribution in [2.75, 3.05) is 47.4 Å². The van der Waals surface area contributed by atoms with Gasteiger partial charge in [0.2, 0.25) is 5.91 Å². The van der Waals surface area contributed by atoms with Crippen molar-refractivity contribution in [2.24, 2.45) is 5.92 Å². The maximum absolute atomic E-state index is 12.4. The number of hydrogen-bond acceptors (Lipinski definition) is 3. The first kappa shape index (κ1) is 17.8. The first-order valence-corrected chi connectivity index (χ1v) is 7.79. The van der Waals surface area contributed by atoms with E-state index in [2.05, 4.69) is 0 Å². The lowest BCUT2D eigenvalue weighted by molar-refractivity contribution is -0.135. The number of piperidine rings is 1. The van der Waals surface area contributed by atoms with E-state index in [0.717, 1.165) is 45.2 Å². The Balaban J connectivity index is 2.44. The number of aliphatic hydroxyl groups is 1. The second-order valence-electron chi connectivity index (χ2n) is 6.01. The zero-order valence-corrected chi connectivity index (χ0v) is 13.5. The SMILES string of the molecule is CN(C)C(=O)N1CCCC(C(=O)N(C)CCCCCO)C1. The van der Waals surface area contributed by atoms with Crippen LogP contribution in [0.4, 0.5) is 4.79 Å². The van der Waals surface area contributed by atoms with E-state index in [1.54, 1.807) is 28.8 Å². The predicted octanol–water partition coefficient (Wildman–Crippen LogP) is 1.00. The third-order valence-electron chi connectivity index (χ3n) is 3.95. The van der Waals surface area contributed by atoms with E-state index >= 15 is 0 Å². The molecule has 21 heavy (non-hydrogen) atoms. The van der Waals surface area contributed by atoms with Crippen LogP contribution in [0.1, 0.15) is 32.1 Å². The molecule has 6 heteroatoms. The third-order valence-corrected chi connectivity index (χ3v) is 3.95. The molecule has 1 atom stereocenters. The molecule has 0 aliphatic carbocycles. The molecule has 3 amide bonds. The highest BCUT2D eigenvalue weighted by Crippen LogP contribution is 2.19. The summed E-state index contributed by atoms with van der Waals surface area (Å²) < 4.78 is 0. The molecule has 1 unspecified atom stereocenters. The van der Waals surface area contributed by atoms with E-state index in [0.29, 0.717) is 6.54 Å². The summed E-state index contributed by atoms with van der Waals surface area (Å²) in [6, 6.07) is -0.0156. The van der Waals surface area contributed by atoms with Crippen LogP contribution in [0.25, 0.3) is 0 Å². The maximum Gasteiger partial charge on any atom is 0.319 e. The summed E-state index contributed by atoms with van der Waals surface area (Å²) in [6.07, 6.45) is 4.38. The molecule has 0 aromatic heterocycles. The Bertz CT molecular complexity index is 347. The molecule has 0 bridgehead atoms. The van der Waals surface area contributed by atoms with Gasteiger partial charge in [-0.3, -0.25) is 4.79 Å². The quantitative estimate of drug-likeness (QED) is 0.744. The fourth-order valence-corrected chi connectivity index (χ4v) is 2.69. The highest BCUT2D eigenvalue weighted by molar-refractivity contribution is 5.80. The number of urea groups is 1. The normalized spacial score (nSPS) is 18.5. The van der Waals surface area contributed by atoms with Gasteiger partial charge in [-0.2, -0.15) is 0 Å². The molecule has 0 radical (unpaired) electrons. The van der Waals surface area contributed by atoms with Crippen molar-refractivity contribution in [1.29, 1.82) is 0 Å². The van der Waals surface area contributed by atoms with E-state index < -0.39 is 0 Å². The van der Waals surface area contributed by atoms with Gasteiger partial charge in [0.25, 0.3) is 0 Å². The Hall–Kier alpha value is -1.30. The largest absolute Gasteiger partial charge is 0.396 e. The molecule has 1 aliphatic heterocycles. The van der Waals surface area contributed by atoms with Crippen LogP contribution in [0, 0.1) is 5.92 Å². The molecule has 1 N–H and O–H groups in total. The summed E-state index contributed by atoms with van der Waals surface area (Å²) in [6.45, 7) is 2.19. The van der Waals surface area contributed by atoms with Gasteiger partial charge >= 0.3 is 6.03 Å². The van der Waals surface area contributed by atoms with Crippen molar-refractivity contribution in [3.8, 4) is 0 Å². The van der Waals surface area contributed by atoms with Gasteiger partial charge in [-0.15, -0.1) is 0 Å². The fraction of sp³-hybridized carbons (Fsp3) is 0.867. The lowest BCUT2D eigenvalue weighted by Crippen LogP contribution is -2.48. The van der Waals surface area contributed by atoms with Crippen LogP contribution in [0.15, 0.2) is 0 Å². The molecular formula is C15H29N3O3. The summed E-state index contributed by atoms with van der Waals surface area (Å²) in [4.78, 5) is 29.5. The Morgan fingerprint density at radius 1 is 1.19 bits per heavy atom. The van der Waals surface area contributed by atoms with Crippen LogP contribution in [-0.2, 0) is 4.79 Å². The van der Waals surface area contributed by atoms with Gasteiger partial charge in [-0.25, -0.2) is 4.79 Å². The smallest absolute Gasteiger partial charge is 0.319 e. The van der Waals surface area contributed by atoms with Gasteiger partial charge in [-0.05, 0) is 32.1 Å². The van der Waals surface area contributed by atoms with Crippen LogP contribution < -0.4 is 0 Å². The number of nitrogens with zero attached hydrogens (tertiary/aromatic N) is 3. The molecule has 0 aromatic carbocycles. The minimum Gasteiger partial charge on any atom is -0.396 e. The molecule has 1 saturated heterocycles. The number of carbonyl (C=O) groups excluding carboxylic acids is 2. The molecule has 122 valence electrons. The van der Waals surface area contributed by atoms with Crippen LogP contribution >= 0.6 is 0 Å². The maximum atomic E-state index is 12.4. The number of likely N-dealkylation sites (tertiary alicyclic amines) is 1. The first-order valence-electron chi connectivity index (χ1n) is 7.79. The van der Waals surface area contributed by atoms with Crippen LogP contribution in [0.5, 0.6) is 0 Å². The van der Waals surface area contributed by atoms with Crippen molar-refractivity contribution in [1.82, 2.24) is 14.7 Å². The number of hydrogen-bond donors (Lipinski definition) is 1. The Morgan fingerprint density at radius 2 is 1.90 bits per heavy atom. The van der Waals surface area contributed by atoms with Gasteiger partial charge in [-0.1, -0.05) is 0 Å². The minimum absolute atomic E-state index is 0.0156. The number of unbranched alkanes of at least 4 members (excludes halogenated alkanes) is 2. The van der Waals surface area contributed by atoms with Gasteiger partial charge in [0.05, 0.1) is 5.92 Å². The van der Waals surface area contributed by atoms with E-state index in [1.807, 2.05) is 7.05 Å². The van der Waals surface area contributed by atoms with E-state index in [-0.39, 0.29) is 24.5 Å². The van der Waals surface area contributed by atoms with E-state index in [4.69, 9.17) is 5.11 Å². The molecule has 0 aromatic rings. The monoisotopic (exact) mass is 299 g/mol. The van der Waals surface area contributed by atoms with Crippen LogP contribution in [-0.4, -0.2) is 79.1 Å². The zero-order chi connectivity index (χ0) is 15.8. The Morgan fingerprint density at radius 3 is 2.52 bits per heavy atom. The highest BCUT2D eigenvalue weighted by Gasteiger charge is 2.30. The molecule has 6 nitrogen and oxygen atoms in total. The van der Waals surface area contributed by atoms with Gasteiger partial charge in [0, 0.05) is 47.4 Å². The summed E-state index contributed by atoms with van der Waals surface area (Å²) in [5, 5.41) is 8.75. The molecule has 1 heterocycles. The summed E-state index contributed by atoms with van der Waals surface area (Å²) in [5.41, 5.74) is 0. The first-order chi connectivity index (χ1) is 9.97. The highest BCUT2D eigenvalue weighted by atomic mass is 16.3. The fourth-order valence-electron chi connectivity index (χ4n) is 2.69. The third kappa shape index (κ3) is 5.53. The van der Waals surface area contributed by atoms with Crippen molar-refractivity contribution < 1.29 is 14.7 Å². The van der Waals surface area contributed by atoms with Gasteiger partial charge < -0.3 is 19.8 Å². The number of amides is 3. The van der Waals surface area contributed by atoms with Crippen molar-refractivity contribution in [2.45, 2.75) is 32.1 Å². The standard InChI is InChI=1S/C15H29N3O3/c1-16(2)15(21)18-10-7-8-13(12-18)14(20)17(3)9-5-4-6-11-19/h13,19H,4-12H2,1-3H3. The van der Waals surface area contributed by atoms with Gasteiger partial charge in [0.1, 0.15) is 0 Å². The number of carbonyl (C=O) groups is 2. The zero-order valence-electron chi connectivity index (χ0n) is 13.5. The topological polar surface area (TPSA) is 64.1 Å². The van der Waals surface area contributed by atoms with Crippen molar-refractivity contribution in [3.05, 3.63) is 0 Å².